The molecule has 0 N–H and O–H groups in total. The van der Waals surface area contributed by atoms with Crippen LogP contribution in [0, 0.1) is 10.1 Å². The first kappa shape index (κ1) is 16.9. The normalized spacial score (nSPS) is 13.4. The molecule has 1 atom stereocenters. The minimum atomic E-state index is -2.78. The van der Waals surface area contributed by atoms with Gasteiger partial charge in [0.05, 0.1) is 16.6 Å². The van der Waals surface area contributed by atoms with Gasteiger partial charge >= 0.3 is 0 Å². The number of hydrogen-bond acceptors (Lipinski definition) is 5. The Morgan fingerprint density at radius 2 is 1.95 bits per heavy atom. The van der Waals surface area contributed by atoms with Crippen LogP contribution in [0.5, 0.6) is 5.75 Å². The number of nitro benzene ring substituents is 1. The Morgan fingerprint density at radius 3 is 2.50 bits per heavy atom. The Labute approximate surface area is 138 Å². The van der Waals surface area contributed by atoms with Gasteiger partial charge in [0.2, 0.25) is 0 Å². The topological polar surface area (TPSA) is 61.6 Å². The van der Waals surface area contributed by atoms with Crippen LogP contribution in [-0.2, 0) is 16.3 Å². The molecule has 0 fully saturated rings. The molecule has 0 radical (unpaired) electrons. The maximum Gasteiger partial charge on any atom is 0.271 e. The molecule has 2 aromatic rings. The molecule has 22 heavy (non-hydrogen) atoms. The maximum atomic E-state index is 10.7. The smallest absolute Gasteiger partial charge is 0.271 e. The van der Waals surface area contributed by atoms with Gasteiger partial charge in [0.15, 0.2) is 0 Å². The number of hydrogen-bond donors (Lipinski definition) is 0. The summed E-state index contributed by atoms with van der Waals surface area (Å²) in [7, 11) is 0. The number of benzene rings is 2. The van der Waals surface area contributed by atoms with E-state index in [0.29, 0.717) is 6.61 Å². The van der Waals surface area contributed by atoms with Gasteiger partial charge in [0.1, 0.15) is 5.75 Å². The van der Waals surface area contributed by atoms with E-state index in [4.69, 9.17) is 32.5 Å². The highest BCUT2D eigenvalue weighted by molar-refractivity contribution is 8.13. The van der Waals surface area contributed by atoms with Crippen molar-refractivity contribution in [1.82, 2.24) is 0 Å². The lowest BCUT2D eigenvalue weighted by molar-refractivity contribution is -0.384. The summed E-state index contributed by atoms with van der Waals surface area (Å²) in [6, 6.07) is 13.2. The summed E-state index contributed by atoms with van der Waals surface area (Å²) in [6.45, 7) is -0.570. The number of nitro groups is 1. The third kappa shape index (κ3) is 3.84. The van der Waals surface area contributed by atoms with Crippen molar-refractivity contribution in [3.05, 3.63) is 63.7 Å². The molecule has 0 saturated heterocycles. The molecule has 2 aromatic carbocycles. The molecule has 116 valence electrons. The number of rotatable bonds is 6. The second kappa shape index (κ2) is 7.20. The Hall–Kier alpha value is -1.46. The molecule has 0 aromatic heterocycles. The fourth-order valence-electron chi connectivity index (χ4n) is 1.74. The maximum absolute atomic E-state index is 10.7. The van der Waals surface area contributed by atoms with E-state index in [0.717, 1.165) is 5.30 Å². The van der Waals surface area contributed by atoms with Crippen LogP contribution in [0.25, 0.3) is 0 Å². The van der Waals surface area contributed by atoms with E-state index >= 15 is 0 Å². The van der Waals surface area contributed by atoms with Crippen molar-refractivity contribution < 1.29 is 14.0 Å². The summed E-state index contributed by atoms with van der Waals surface area (Å²) in [5, 5.41) is 11.6. The molecule has 2 rings (SSSR count). The third-order valence-corrected chi connectivity index (χ3v) is 6.15. The molecule has 0 aliphatic carbocycles. The second-order valence-electron chi connectivity index (χ2n) is 4.21. The van der Waals surface area contributed by atoms with Gasteiger partial charge in [-0.05, 0) is 36.9 Å². The molecule has 0 bridgehead atoms. The fraction of sp³-hybridized carbons (Fsp3) is 0.143. The van der Waals surface area contributed by atoms with Crippen molar-refractivity contribution in [1.29, 1.82) is 0 Å². The summed E-state index contributed by atoms with van der Waals surface area (Å²) in [5.41, 5.74) is -0.109. The minimum absolute atomic E-state index is 0.109. The standard InChI is InChI=1S/C14H13ClNO4PS/c1-2-19-21(22,12-6-4-3-5-7-12)20-14-9-8-11(16(17)18)10-13(14)15/h3-10H,2H2,1H3. The van der Waals surface area contributed by atoms with Gasteiger partial charge in [-0.15, -0.1) is 0 Å². The molecule has 0 spiro atoms. The highest BCUT2D eigenvalue weighted by Gasteiger charge is 2.24. The zero-order valence-electron chi connectivity index (χ0n) is 11.6. The molecule has 0 aliphatic heterocycles. The van der Waals surface area contributed by atoms with Gasteiger partial charge in [-0.1, -0.05) is 29.8 Å². The van der Waals surface area contributed by atoms with Gasteiger partial charge in [-0.25, -0.2) is 0 Å². The first-order valence-corrected chi connectivity index (χ1v) is 9.41. The van der Waals surface area contributed by atoms with Crippen molar-refractivity contribution in [3.63, 3.8) is 0 Å². The van der Waals surface area contributed by atoms with Crippen LogP contribution in [0.4, 0.5) is 5.69 Å². The monoisotopic (exact) mass is 357 g/mol. The van der Waals surface area contributed by atoms with Crippen LogP contribution in [0.15, 0.2) is 48.5 Å². The first-order chi connectivity index (χ1) is 10.5. The van der Waals surface area contributed by atoms with Gasteiger partial charge in [-0.3, -0.25) is 10.1 Å². The Balaban J connectivity index is 2.37. The van der Waals surface area contributed by atoms with Crippen LogP contribution in [0.2, 0.25) is 5.02 Å². The average molecular weight is 358 g/mol. The van der Waals surface area contributed by atoms with Crippen molar-refractivity contribution in [2.24, 2.45) is 0 Å². The number of non-ortho nitro benzene ring substituents is 1. The minimum Gasteiger partial charge on any atom is -0.439 e. The van der Waals surface area contributed by atoms with Gasteiger partial charge in [0.25, 0.3) is 12.2 Å². The zero-order chi connectivity index (χ0) is 16.2. The third-order valence-electron chi connectivity index (χ3n) is 2.72. The molecular weight excluding hydrogens is 345 g/mol. The summed E-state index contributed by atoms with van der Waals surface area (Å²) in [5.74, 6) is 0.271. The van der Waals surface area contributed by atoms with Crippen LogP contribution >= 0.6 is 18.1 Å². The Bertz CT molecular complexity index is 726. The molecule has 0 heterocycles. The summed E-state index contributed by atoms with van der Waals surface area (Å²) < 4.78 is 11.5. The Morgan fingerprint density at radius 1 is 1.27 bits per heavy atom. The van der Waals surface area contributed by atoms with E-state index in [2.05, 4.69) is 0 Å². The van der Waals surface area contributed by atoms with Crippen LogP contribution in [0.1, 0.15) is 6.92 Å². The first-order valence-electron chi connectivity index (χ1n) is 6.40. The van der Waals surface area contributed by atoms with E-state index in [1.165, 1.54) is 18.2 Å². The molecule has 0 amide bonds. The zero-order valence-corrected chi connectivity index (χ0v) is 14.1. The van der Waals surface area contributed by atoms with Gasteiger partial charge in [0, 0.05) is 17.4 Å². The van der Waals surface area contributed by atoms with Gasteiger partial charge < -0.3 is 9.05 Å². The Kier molecular flexibility index (Phi) is 5.53. The predicted molar refractivity (Wildman–Crippen MR) is 90.7 cm³/mol. The summed E-state index contributed by atoms with van der Waals surface area (Å²) in [6.07, 6.45) is 0. The van der Waals surface area contributed by atoms with E-state index in [-0.39, 0.29) is 16.5 Å². The van der Waals surface area contributed by atoms with Crippen LogP contribution in [0.3, 0.4) is 0 Å². The fourth-order valence-corrected chi connectivity index (χ4v) is 4.53. The highest BCUT2D eigenvalue weighted by atomic mass is 35.5. The number of nitrogens with zero attached hydrogens (tertiary/aromatic N) is 1. The largest absolute Gasteiger partial charge is 0.439 e. The molecule has 5 nitrogen and oxygen atoms in total. The van der Waals surface area contributed by atoms with Crippen molar-refractivity contribution in [2.45, 2.75) is 6.92 Å². The van der Waals surface area contributed by atoms with Crippen molar-refractivity contribution in [2.75, 3.05) is 6.61 Å². The van der Waals surface area contributed by atoms with Gasteiger partial charge in [-0.2, -0.15) is 0 Å². The predicted octanol–water partition coefficient (Wildman–Crippen LogP) is 4.30. The second-order valence-corrected chi connectivity index (χ2v) is 8.02. The van der Waals surface area contributed by atoms with E-state index in [1.807, 2.05) is 37.3 Å². The van der Waals surface area contributed by atoms with E-state index in [9.17, 15) is 10.1 Å². The van der Waals surface area contributed by atoms with Crippen molar-refractivity contribution in [3.8, 4) is 5.75 Å². The highest BCUT2D eigenvalue weighted by Crippen LogP contribution is 2.49. The lowest BCUT2D eigenvalue weighted by atomic mass is 10.3. The summed E-state index contributed by atoms with van der Waals surface area (Å²) >= 11 is 11.6. The lowest BCUT2D eigenvalue weighted by Crippen LogP contribution is -2.12. The molecule has 0 saturated carbocycles. The molecular formula is C14H13ClNO4PS. The quantitative estimate of drug-likeness (QED) is 0.438. The average Bonchev–Trinajstić information content (AvgIpc) is 2.50. The lowest BCUT2D eigenvalue weighted by Gasteiger charge is -2.23. The van der Waals surface area contributed by atoms with E-state index < -0.39 is 11.4 Å². The molecule has 8 heteroatoms. The summed E-state index contributed by atoms with van der Waals surface area (Å²) in [4.78, 5) is 10.2. The van der Waals surface area contributed by atoms with Crippen LogP contribution < -0.4 is 9.83 Å². The van der Waals surface area contributed by atoms with E-state index in [1.54, 1.807) is 0 Å². The molecule has 0 aliphatic rings. The molecule has 1 unspecified atom stereocenters. The SMILES string of the molecule is CCOP(=S)(Oc1ccc([N+](=O)[O-])cc1Cl)c1ccccc1. The van der Waals surface area contributed by atoms with Crippen molar-refractivity contribution >= 4 is 40.9 Å². The number of halogens is 1. The van der Waals surface area contributed by atoms with Crippen LogP contribution in [-0.4, -0.2) is 11.5 Å².